The maximum Gasteiger partial charge on any atom is 0.231 e. The lowest BCUT2D eigenvalue weighted by Crippen LogP contribution is -2.48. The molecule has 3 N–H and O–H groups in total. The summed E-state index contributed by atoms with van der Waals surface area (Å²) in [7, 11) is 0. The van der Waals surface area contributed by atoms with Crippen LogP contribution in [0.4, 0.5) is 5.13 Å². The Bertz CT molecular complexity index is 851. The number of para-hydroxylation sites is 1. The summed E-state index contributed by atoms with van der Waals surface area (Å²) in [6.07, 6.45) is 5.00. The number of carbonyl (C=O) groups excluding carboxylic acids is 2. The van der Waals surface area contributed by atoms with E-state index in [9.17, 15) is 9.59 Å². The van der Waals surface area contributed by atoms with Crippen molar-refractivity contribution in [1.82, 2.24) is 20.7 Å². The van der Waals surface area contributed by atoms with Gasteiger partial charge in [0.25, 0.3) is 0 Å². The fourth-order valence-corrected chi connectivity index (χ4v) is 5.50. The summed E-state index contributed by atoms with van der Waals surface area (Å²) in [6, 6.07) is 8.25. The Morgan fingerprint density at radius 1 is 1.22 bits per heavy atom. The highest BCUT2D eigenvalue weighted by Crippen LogP contribution is 2.34. The van der Waals surface area contributed by atoms with Crippen molar-refractivity contribution in [3.63, 3.8) is 0 Å². The van der Waals surface area contributed by atoms with Gasteiger partial charge < -0.3 is 10.2 Å². The van der Waals surface area contributed by atoms with E-state index in [1.165, 1.54) is 24.2 Å². The highest BCUT2D eigenvalue weighted by molar-refractivity contribution is 7.22. The molecule has 2 aliphatic heterocycles. The monoisotopic (exact) mass is 385 g/mol. The molecule has 0 radical (unpaired) electrons. The number of thiazole rings is 1. The summed E-state index contributed by atoms with van der Waals surface area (Å²) in [5.74, 6) is 0.0590. The number of carbonyl (C=O) groups is 2. The van der Waals surface area contributed by atoms with Crippen molar-refractivity contribution in [3.8, 4) is 0 Å². The number of nitrogens with zero attached hydrogens (tertiary/aromatic N) is 2. The summed E-state index contributed by atoms with van der Waals surface area (Å²) >= 11 is 1.46. The normalized spacial score (nSPS) is 30.7. The average Bonchev–Trinajstić information content (AvgIpc) is 3.37. The van der Waals surface area contributed by atoms with Gasteiger partial charge in [-0.05, 0) is 25.0 Å². The van der Waals surface area contributed by atoms with Gasteiger partial charge in [-0.15, -0.1) is 0 Å². The van der Waals surface area contributed by atoms with Gasteiger partial charge in [-0.2, -0.15) is 0 Å². The van der Waals surface area contributed by atoms with Crippen molar-refractivity contribution >= 4 is 38.5 Å². The highest BCUT2D eigenvalue weighted by Gasteiger charge is 2.46. The number of hydrogen-bond donors (Lipinski definition) is 3. The fourth-order valence-electron chi connectivity index (χ4n) is 4.63. The number of nitrogens with one attached hydrogen (secondary N) is 3. The number of fused-ring (bicyclic) bond motifs is 2. The van der Waals surface area contributed by atoms with Crippen molar-refractivity contribution in [2.75, 3.05) is 11.9 Å². The van der Waals surface area contributed by atoms with Crippen LogP contribution in [0, 0.1) is 11.8 Å². The minimum Gasteiger partial charge on any atom is -0.325 e. The van der Waals surface area contributed by atoms with E-state index in [1.807, 2.05) is 29.2 Å². The van der Waals surface area contributed by atoms with E-state index in [4.69, 9.17) is 0 Å². The molecule has 3 fully saturated rings. The van der Waals surface area contributed by atoms with E-state index in [2.05, 4.69) is 21.2 Å². The minimum atomic E-state index is -0.325. The predicted octanol–water partition coefficient (Wildman–Crippen LogP) is 2.08. The number of aromatic nitrogens is 1. The lowest BCUT2D eigenvalue weighted by atomic mass is 9.84. The first kappa shape index (κ1) is 17.1. The Morgan fingerprint density at radius 2 is 2.07 bits per heavy atom. The van der Waals surface area contributed by atoms with Gasteiger partial charge in [-0.3, -0.25) is 15.0 Å². The van der Waals surface area contributed by atoms with Crippen molar-refractivity contribution in [2.45, 2.75) is 44.3 Å². The van der Waals surface area contributed by atoms with Crippen LogP contribution in [-0.4, -0.2) is 40.5 Å². The topological polar surface area (TPSA) is 86.4 Å². The molecule has 3 heterocycles. The summed E-state index contributed by atoms with van der Waals surface area (Å²) in [5, 5.41) is 3.51. The first-order valence-electron chi connectivity index (χ1n) is 9.66. The molecule has 4 atom stereocenters. The number of amides is 2. The lowest BCUT2D eigenvalue weighted by Gasteiger charge is -2.32. The molecule has 142 valence electrons. The molecule has 0 bridgehead atoms. The molecule has 2 saturated heterocycles. The molecule has 4 unspecified atom stereocenters. The minimum absolute atomic E-state index is 0.00282. The summed E-state index contributed by atoms with van der Waals surface area (Å²) in [4.78, 5) is 31.7. The van der Waals surface area contributed by atoms with Gasteiger partial charge in [0.15, 0.2) is 5.13 Å². The van der Waals surface area contributed by atoms with Gasteiger partial charge >= 0.3 is 0 Å². The van der Waals surface area contributed by atoms with Crippen molar-refractivity contribution in [3.05, 3.63) is 24.3 Å². The summed E-state index contributed by atoms with van der Waals surface area (Å²) < 4.78 is 1.04. The standard InChI is InChI=1S/C19H23N5O2S/c25-16-9-11(10-24(16)17-12-5-1-2-6-13(12)22-23-17)18(26)21-19-20-14-7-3-4-8-15(14)27-19/h3-4,7-8,11-13,17,22-23H,1-2,5-6,9-10H2,(H,20,21,26). The van der Waals surface area contributed by atoms with Gasteiger partial charge in [0.2, 0.25) is 11.8 Å². The molecule has 2 amide bonds. The molecule has 1 aliphatic carbocycles. The Balaban J connectivity index is 1.26. The molecule has 1 aromatic carbocycles. The van der Waals surface area contributed by atoms with Crippen LogP contribution in [0.3, 0.4) is 0 Å². The van der Waals surface area contributed by atoms with E-state index >= 15 is 0 Å². The van der Waals surface area contributed by atoms with E-state index in [-0.39, 0.29) is 30.3 Å². The maximum atomic E-state index is 12.7. The second kappa shape index (κ2) is 6.85. The summed E-state index contributed by atoms with van der Waals surface area (Å²) in [6.45, 7) is 0.470. The fraction of sp³-hybridized carbons (Fsp3) is 0.526. The van der Waals surface area contributed by atoms with E-state index in [0.29, 0.717) is 23.6 Å². The first-order valence-corrected chi connectivity index (χ1v) is 10.5. The number of benzene rings is 1. The SMILES string of the molecule is O=C(Nc1nc2ccccc2s1)C1CC(=O)N(C2NNC3CCCCC32)C1. The van der Waals surface area contributed by atoms with Crippen LogP contribution in [0.5, 0.6) is 0 Å². The smallest absolute Gasteiger partial charge is 0.231 e. The van der Waals surface area contributed by atoms with Gasteiger partial charge in [-0.25, -0.2) is 10.4 Å². The van der Waals surface area contributed by atoms with Crippen LogP contribution in [0.1, 0.15) is 32.1 Å². The van der Waals surface area contributed by atoms with Crippen molar-refractivity contribution in [2.24, 2.45) is 11.8 Å². The second-order valence-electron chi connectivity index (χ2n) is 7.71. The molecule has 8 heteroatoms. The van der Waals surface area contributed by atoms with Gasteiger partial charge in [0, 0.05) is 24.9 Å². The van der Waals surface area contributed by atoms with Gasteiger partial charge in [0.1, 0.15) is 0 Å². The van der Waals surface area contributed by atoms with Crippen LogP contribution in [-0.2, 0) is 9.59 Å². The van der Waals surface area contributed by atoms with Crippen LogP contribution in [0.25, 0.3) is 10.2 Å². The Morgan fingerprint density at radius 3 is 2.96 bits per heavy atom. The highest BCUT2D eigenvalue weighted by atomic mass is 32.1. The largest absolute Gasteiger partial charge is 0.325 e. The Hall–Kier alpha value is -2.03. The molecule has 27 heavy (non-hydrogen) atoms. The number of hydrogen-bond acceptors (Lipinski definition) is 6. The molecule has 5 rings (SSSR count). The molecule has 1 aromatic heterocycles. The van der Waals surface area contributed by atoms with Crippen LogP contribution >= 0.6 is 11.3 Å². The zero-order valence-corrected chi connectivity index (χ0v) is 15.8. The van der Waals surface area contributed by atoms with Crippen molar-refractivity contribution in [1.29, 1.82) is 0 Å². The summed E-state index contributed by atoms with van der Waals surface area (Å²) in [5.41, 5.74) is 7.54. The number of rotatable bonds is 3. The van der Waals surface area contributed by atoms with Crippen LogP contribution < -0.4 is 16.2 Å². The zero-order valence-electron chi connectivity index (χ0n) is 15.0. The first-order chi connectivity index (χ1) is 13.2. The van der Waals surface area contributed by atoms with Gasteiger partial charge in [-0.1, -0.05) is 36.3 Å². The Kier molecular flexibility index (Phi) is 4.34. The van der Waals surface area contributed by atoms with Crippen LogP contribution in [0.15, 0.2) is 24.3 Å². The van der Waals surface area contributed by atoms with E-state index in [1.54, 1.807) is 0 Å². The predicted molar refractivity (Wildman–Crippen MR) is 104 cm³/mol. The molecular weight excluding hydrogens is 362 g/mol. The maximum absolute atomic E-state index is 12.7. The number of anilines is 1. The molecule has 7 nitrogen and oxygen atoms in total. The molecule has 0 spiro atoms. The van der Waals surface area contributed by atoms with Gasteiger partial charge in [0.05, 0.1) is 22.3 Å². The van der Waals surface area contributed by atoms with Crippen LogP contribution in [0.2, 0.25) is 0 Å². The van der Waals surface area contributed by atoms with E-state index in [0.717, 1.165) is 23.1 Å². The number of likely N-dealkylation sites (tertiary alicyclic amines) is 1. The average molecular weight is 385 g/mol. The molecular formula is C19H23N5O2S. The third-order valence-electron chi connectivity index (χ3n) is 6.03. The molecule has 2 aromatic rings. The molecule has 1 saturated carbocycles. The zero-order chi connectivity index (χ0) is 18.4. The van der Waals surface area contributed by atoms with E-state index < -0.39 is 0 Å². The lowest BCUT2D eigenvalue weighted by molar-refractivity contribution is -0.131. The van der Waals surface area contributed by atoms with Crippen molar-refractivity contribution < 1.29 is 9.59 Å². The third-order valence-corrected chi connectivity index (χ3v) is 6.98. The third kappa shape index (κ3) is 3.11. The molecule has 3 aliphatic rings. The Labute approximate surface area is 161 Å². The number of hydrazine groups is 1. The quantitative estimate of drug-likeness (QED) is 0.753. The second-order valence-corrected chi connectivity index (χ2v) is 8.74.